The molecule has 13 nitrogen and oxygen atoms in total. The smallest absolute Gasteiger partial charge is 0.282 e. The fraction of sp³-hybridized carbons (Fsp3) is 0.359. The minimum absolute atomic E-state index is 0.135. The highest BCUT2D eigenvalue weighted by atomic mass is 35.5. The molecule has 6 heterocycles. The van der Waals surface area contributed by atoms with Crippen LogP contribution in [-0.2, 0) is 16.1 Å². The SMILES string of the molecule is Nc1[nH]n2c(=O)c3c(Cl)cccc3nc2c1-c1ccc(N2CCN(CC3CCN(c4ccc5c(c4)CN(C4CCC(=O)NC4=O)C5=O)CC3)CC2)cc1. The van der Waals surface area contributed by atoms with Crippen LogP contribution >= 0.6 is 11.6 Å². The number of amides is 3. The third-order valence-corrected chi connectivity index (χ3v) is 11.8. The lowest BCUT2D eigenvalue weighted by atomic mass is 9.95. The average Bonchev–Trinajstić information content (AvgIpc) is 3.67. The van der Waals surface area contributed by atoms with E-state index in [1.807, 2.05) is 24.3 Å². The average molecular weight is 734 g/mol. The Kier molecular flexibility index (Phi) is 8.34. The number of hydrogen-bond donors (Lipinski definition) is 3. The number of benzene rings is 3. The summed E-state index contributed by atoms with van der Waals surface area (Å²) in [5.74, 6) is 0.208. The number of H-pyrrole nitrogens is 1. The second kappa shape index (κ2) is 13.2. The van der Waals surface area contributed by atoms with E-state index in [9.17, 15) is 19.2 Å². The number of imide groups is 1. The molecule has 14 heteroatoms. The number of fused-ring (bicyclic) bond motifs is 3. The molecule has 0 saturated carbocycles. The molecule has 3 amide bonds. The van der Waals surface area contributed by atoms with E-state index in [-0.39, 0.29) is 29.7 Å². The molecule has 0 bridgehead atoms. The van der Waals surface area contributed by atoms with Crippen molar-refractivity contribution in [1.29, 1.82) is 0 Å². The van der Waals surface area contributed by atoms with Crippen molar-refractivity contribution in [1.82, 2.24) is 29.7 Å². The van der Waals surface area contributed by atoms with Gasteiger partial charge in [0, 0.05) is 75.7 Å². The molecule has 0 aliphatic carbocycles. The number of nitrogens with one attached hydrogen (secondary N) is 2. The molecule has 1 unspecified atom stereocenters. The van der Waals surface area contributed by atoms with Crippen molar-refractivity contribution in [2.24, 2.45) is 5.92 Å². The fourth-order valence-electron chi connectivity index (χ4n) is 8.57. The number of aromatic amines is 1. The Bertz CT molecular complexity index is 2340. The Morgan fingerprint density at radius 2 is 1.58 bits per heavy atom. The molecular weight excluding hydrogens is 694 g/mol. The summed E-state index contributed by atoms with van der Waals surface area (Å²) >= 11 is 6.31. The van der Waals surface area contributed by atoms with Gasteiger partial charge in [-0.3, -0.25) is 34.5 Å². The number of piperidine rings is 2. The number of carbonyl (C=O) groups excluding carboxylic acids is 3. The maximum Gasteiger partial charge on any atom is 0.282 e. The van der Waals surface area contributed by atoms with Gasteiger partial charge in [-0.15, -0.1) is 0 Å². The standard InChI is InChI=1S/C39H40ClN9O4/c40-29-2-1-3-30-34(29)39(53)49-36(42-30)33(35(41)44-49)24-4-6-26(7-5-24)47-18-16-45(17-19-47)21-23-12-14-46(15-13-23)27-8-9-28-25(20-27)22-48(38(28)52)31-10-11-32(50)43-37(31)51/h1-9,20,23,31,44H,10-19,21-22,41H2,(H,43,50,51). The highest BCUT2D eigenvalue weighted by Gasteiger charge is 2.39. The molecule has 2 aromatic heterocycles. The van der Waals surface area contributed by atoms with Gasteiger partial charge in [0.25, 0.3) is 11.5 Å². The van der Waals surface area contributed by atoms with Crippen molar-refractivity contribution in [3.8, 4) is 11.1 Å². The first-order chi connectivity index (χ1) is 25.7. The molecule has 0 radical (unpaired) electrons. The molecule has 53 heavy (non-hydrogen) atoms. The summed E-state index contributed by atoms with van der Waals surface area (Å²) in [6, 6.07) is 19.0. The van der Waals surface area contributed by atoms with E-state index in [0.29, 0.717) is 57.4 Å². The van der Waals surface area contributed by atoms with Gasteiger partial charge in [-0.1, -0.05) is 29.8 Å². The predicted molar refractivity (Wildman–Crippen MR) is 204 cm³/mol. The number of nitrogens with two attached hydrogens (primary N) is 1. The van der Waals surface area contributed by atoms with Gasteiger partial charge in [0.1, 0.15) is 11.9 Å². The van der Waals surface area contributed by atoms with E-state index in [1.54, 1.807) is 23.1 Å². The van der Waals surface area contributed by atoms with Gasteiger partial charge in [0.15, 0.2) is 5.65 Å². The third kappa shape index (κ3) is 5.97. The molecule has 1 atom stereocenters. The Morgan fingerprint density at radius 3 is 2.34 bits per heavy atom. The van der Waals surface area contributed by atoms with Gasteiger partial charge in [0.05, 0.1) is 21.5 Å². The van der Waals surface area contributed by atoms with Gasteiger partial charge in [-0.2, -0.15) is 4.52 Å². The van der Waals surface area contributed by atoms with E-state index >= 15 is 0 Å². The van der Waals surface area contributed by atoms with Crippen LogP contribution in [0, 0.1) is 5.92 Å². The Hall–Kier alpha value is -5.40. The summed E-state index contributed by atoms with van der Waals surface area (Å²) in [7, 11) is 0. The first-order valence-electron chi connectivity index (χ1n) is 18.3. The molecule has 3 saturated heterocycles. The van der Waals surface area contributed by atoms with Crippen molar-refractivity contribution in [3.05, 3.63) is 87.2 Å². The number of nitrogens with zero attached hydrogens (tertiary/aromatic N) is 6. The van der Waals surface area contributed by atoms with Crippen LogP contribution in [0.4, 0.5) is 17.2 Å². The van der Waals surface area contributed by atoms with Crippen molar-refractivity contribution in [2.75, 3.05) is 61.3 Å². The Morgan fingerprint density at radius 1 is 0.849 bits per heavy atom. The summed E-state index contributed by atoms with van der Waals surface area (Å²) in [5, 5.41) is 6.06. The van der Waals surface area contributed by atoms with Crippen LogP contribution in [0.3, 0.4) is 0 Å². The quantitative estimate of drug-likeness (QED) is 0.221. The first kappa shape index (κ1) is 33.4. The normalized spacial score (nSPS) is 20.1. The maximum atomic E-state index is 13.2. The monoisotopic (exact) mass is 733 g/mol. The highest BCUT2D eigenvalue weighted by molar-refractivity contribution is 6.35. The predicted octanol–water partition coefficient (Wildman–Crippen LogP) is 3.88. The largest absolute Gasteiger partial charge is 0.384 e. The van der Waals surface area contributed by atoms with Gasteiger partial charge in [-0.05, 0) is 78.8 Å². The van der Waals surface area contributed by atoms with Crippen LogP contribution in [-0.4, -0.2) is 94.0 Å². The number of nitrogen functional groups attached to an aromatic ring is 1. The molecule has 9 rings (SSSR count). The van der Waals surface area contributed by atoms with E-state index in [2.05, 4.69) is 43.3 Å². The van der Waals surface area contributed by atoms with E-state index < -0.39 is 6.04 Å². The lowest BCUT2D eigenvalue weighted by Gasteiger charge is -2.40. The second-order valence-electron chi connectivity index (χ2n) is 14.6. The first-order valence-corrected chi connectivity index (χ1v) is 18.7. The molecule has 4 N–H and O–H groups in total. The number of aromatic nitrogens is 3. The number of piperazine rings is 1. The second-order valence-corrected chi connectivity index (χ2v) is 15.0. The Labute approximate surface area is 310 Å². The van der Waals surface area contributed by atoms with E-state index in [0.717, 1.165) is 81.2 Å². The number of rotatable bonds is 6. The summed E-state index contributed by atoms with van der Waals surface area (Å²) in [5.41, 5.74) is 12.5. The zero-order valence-electron chi connectivity index (χ0n) is 29.2. The molecule has 272 valence electrons. The van der Waals surface area contributed by atoms with Crippen molar-refractivity contribution < 1.29 is 14.4 Å². The third-order valence-electron chi connectivity index (χ3n) is 11.5. The number of hydrogen-bond acceptors (Lipinski definition) is 9. The van der Waals surface area contributed by atoms with Gasteiger partial charge >= 0.3 is 0 Å². The lowest BCUT2D eigenvalue weighted by Crippen LogP contribution is -2.52. The molecule has 3 aromatic carbocycles. The zero-order valence-corrected chi connectivity index (χ0v) is 29.9. The van der Waals surface area contributed by atoms with Crippen LogP contribution < -0.4 is 26.4 Å². The molecule has 5 aromatic rings. The highest BCUT2D eigenvalue weighted by Crippen LogP contribution is 2.34. The van der Waals surface area contributed by atoms with Crippen LogP contribution in [0.25, 0.3) is 27.7 Å². The fourth-order valence-corrected chi connectivity index (χ4v) is 8.82. The minimum Gasteiger partial charge on any atom is -0.384 e. The van der Waals surface area contributed by atoms with Crippen LogP contribution in [0.5, 0.6) is 0 Å². The van der Waals surface area contributed by atoms with Gasteiger partial charge in [0.2, 0.25) is 11.8 Å². The topological polar surface area (TPSA) is 152 Å². The Balaban J connectivity index is 0.785. The zero-order chi connectivity index (χ0) is 36.4. The summed E-state index contributed by atoms with van der Waals surface area (Å²) < 4.78 is 1.37. The van der Waals surface area contributed by atoms with Gasteiger partial charge < -0.3 is 20.4 Å². The lowest BCUT2D eigenvalue weighted by molar-refractivity contribution is -0.136. The van der Waals surface area contributed by atoms with Gasteiger partial charge in [-0.25, -0.2) is 4.98 Å². The number of halogens is 1. The van der Waals surface area contributed by atoms with Crippen LogP contribution in [0.2, 0.25) is 5.02 Å². The molecule has 0 spiro atoms. The number of anilines is 3. The summed E-state index contributed by atoms with van der Waals surface area (Å²) in [4.78, 5) is 64.1. The minimum atomic E-state index is -0.597. The number of carbonyl (C=O) groups is 3. The maximum absolute atomic E-state index is 13.2. The van der Waals surface area contributed by atoms with E-state index in [1.165, 1.54) is 4.52 Å². The molecule has 4 aliphatic rings. The van der Waals surface area contributed by atoms with Crippen LogP contribution in [0.1, 0.15) is 41.6 Å². The summed E-state index contributed by atoms with van der Waals surface area (Å²) in [6.07, 6.45) is 2.85. The van der Waals surface area contributed by atoms with Crippen molar-refractivity contribution >= 4 is 63.1 Å². The van der Waals surface area contributed by atoms with Crippen molar-refractivity contribution in [2.45, 2.75) is 38.3 Å². The van der Waals surface area contributed by atoms with Crippen molar-refractivity contribution in [3.63, 3.8) is 0 Å². The molecule has 4 aliphatic heterocycles. The van der Waals surface area contributed by atoms with Crippen LogP contribution in [0.15, 0.2) is 65.5 Å². The molecule has 3 fully saturated rings. The summed E-state index contributed by atoms with van der Waals surface area (Å²) in [6.45, 7) is 7.32. The molecular formula is C39H40ClN9O4. The van der Waals surface area contributed by atoms with E-state index in [4.69, 9.17) is 22.3 Å².